The number of halogens is 2. The fraction of sp³-hybridized carbons (Fsp3) is 0.585. The molecule has 0 bridgehead atoms. The molecule has 4 rings (SSSR count). The molecule has 0 aliphatic carbocycles. The Bertz CT molecular complexity index is 1680. The number of amides is 3. The second-order valence-electron chi connectivity index (χ2n) is 15.0. The number of hydrogen-bond donors (Lipinski definition) is 3. The lowest BCUT2D eigenvalue weighted by Gasteiger charge is -2.32. The van der Waals surface area contributed by atoms with Crippen molar-refractivity contribution < 1.29 is 47.1 Å². The third-order valence-electron chi connectivity index (χ3n) is 10.2. The van der Waals surface area contributed by atoms with Gasteiger partial charge in [-0.1, -0.05) is 65.3 Å². The minimum Gasteiger partial charge on any atom is -0.463 e. The molecular formula is C41H56F2N6O8. The Labute approximate surface area is 332 Å². The Hall–Kier alpha value is -4.99. The van der Waals surface area contributed by atoms with E-state index in [0.29, 0.717) is 0 Å². The molecule has 0 unspecified atom stereocenters. The number of rotatable bonds is 19. The molecule has 1 saturated heterocycles. The van der Waals surface area contributed by atoms with E-state index in [2.05, 4.69) is 44.9 Å². The number of carbonyl (C=O) groups excluding carboxylic acids is 7. The molecule has 312 valence electrons. The lowest BCUT2D eigenvalue weighted by atomic mass is 9.87. The van der Waals surface area contributed by atoms with Gasteiger partial charge in [0, 0.05) is 56.6 Å². The molecule has 2 aliphatic heterocycles. The van der Waals surface area contributed by atoms with Gasteiger partial charge >= 0.3 is 5.92 Å². The highest BCUT2D eigenvalue weighted by Crippen LogP contribution is 2.30. The summed E-state index contributed by atoms with van der Waals surface area (Å²) in [5.41, 5.74) is 3.07. The average Bonchev–Trinajstić information content (AvgIpc) is 3.62. The van der Waals surface area contributed by atoms with Crippen LogP contribution in [-0.4, -0.2) is 100 Å². The van der Waals surface area contributed by atoms with Crippen molar-refractivity contribution in [2.24, 2.45) is 23.7 Å². The Morgan fingerprint density at radius 2 is 1.72 bits per heavy atom. The molecule has 16 heteroatoms. The molecule has 3 amide bonds. The van der Waals surface area contributed by atoms with Gasteiger partial charge in [-0.25, -0.2) is 4.98 Å². The molecule has 3 N–H and O–H groups in total. The smallest absolute Gasteiger partial charge is 0.381 e. The van der Waals surface area contributed by atoms with Gasteiger partial charge in [0.2, 0.25) is 17.6 Å². The van der Waals surface area contributed by atoms with Crippen molar-refractivity contribution in [3.8, 4) is 0 Å². The first kappa shape index (κ1) is 46.4. The van der Waals surface area contributed by atoms with Gasteiger partial charge in [-0.3, -0.25) is 38.5 Å². The first-order valence-electron chi connectivity index (χ1n) is 19.6. The maximum atomic E-state index is 14.7. The lowest BCUT2D eigenvalue weighted by molar-refractivity contribution is -0.162. The SMILES string of the molecule is CCC[C@H](CC(=O)[C@@H]1C[C@@H](OC=O)CN1C(=O)[C@@H](NC(=O)[C@@H](CC(=O)c1cnccn1)C(C)C)C(C)C)C(=O)C(F)(F)C(=O)NCC.c1ccc2c(c1)CCNC2. The number of ether oxygens (including phenoxy) is 1. The zero-order valence-electron chi connectivity index (χ0n) is 33.6. The summed E-state index contributed by atoms with van der Waals surface area (Å²) in [6.07, 6.45) is 3.47. The van der Waals surface area contributed by atoms with E-state index in [1.807, 2.05) is 5.32 Å². The van der Waals surface area contributed by atoms with Crippen LogP contribution in [-0.2, 0) is 46.5 Å². The predicted octanol–water partition coefficient (Wildman–Crippen LogP) is 3.65. The monoisotopic (exact) mass is 798 g/mol. The summed E-state index contributed by atoms with van der Waals surface area (Å²) in [7, 11) is 0. The third-order valence-corrected chi connectivity index (χ3v) is 10.2. The average molecular weight is 799 g/mol. The molecular weight excluding hydrogens is 742 g/mol. The fourth-order valence-corrected chi connectivity index (χ4v) is 6.97. The van der Waals surface area contributed by atoms with Gasteiger partial charge in [-0.05, 0) is 49.3 Å². The number of benzene rings is 1. The highest BCUT2D eigenvalue weighted by molar-refractivity contribution is 6.09. The van der Waals surface area contributed by atoms with Crippen LogP contribution in [0.25, 0.3) is 0 Å². The maximum absolute atomic E-state index is 14.7. The zero-order valence-corrected chi connectivity index (χ0v) is 33.6. The summed E-state index contributed by atoms with van der Waals surface area (Å²) in [6.45, 7) is 11.9. The number of alkyl halides is 2. The molecule has 57 heavy (non-hydrogen) atoms. The largest absolute Gasteiger partial charge is 0.463 e. The number of nitrogens with one attached hydrogen (secondary N) is 3. The van der Waals surface area contributed by atoms with Gasteiger partial charge in [-0.15, -0.1) is 0 Å². The predicted molar refractivity (Wildman–Crippen MR) is 206 cm³/mol. The molecule has 2 aliphatic rings. The summed E-state index contributed by atoms with van der Waals surface area (Å²) in [5, 5.41) is 7.99. The van der Waals surface area contributed by atoms with Crippen LogP contribution < -0.4 is 16.0 Å². The molecule has 1 aromatic heterocycles. The standard InChI is InChI=1S/C32H45F2N5O8.C9H11N/c1-7-9-20(28(43)32(33,34)31(46)36-8-2)12-26(42)24-13-21(47-17-40)16-39(24)30(45)27(19(5)6)38-29(44)22(18(3)4)14-25(41)23-15-35-10-11-37-23;1-2-4-9-7-10-6-5-8(9)3-1/h10-11,15,17-22,24,27H,7-9,12-14,16H2,1-6H3,(H,36,46)(H,38,44);1-4,10H,5-7H2/t20-,21-,22+,24+,27+;/m1./s1. The van der Waals surface area contributed by atoms with Crippen LogP contribution in [0.1, 0.15) is 95.3 Å². The Morgan fingerprint density at radius 3 is 2.30 bits per heavy atom. The summed E-state index contributed by atoms with van der Waals surface area (Å²) in [6, 6.07) is 6.21. The number of hydrogen-bond acceptors (Lipinski definition) is 11. The van der Waals surface area contributed by atoms with Gasteiger partial charge in [0.25, 0.3) is 12.4 Å². The molecule has 1 fully saturated rings. The second kappa shape index (κ2) is 22.1. The van der Waals surface area contributed by atoms with Gasteiger partial charge in [0.05, 0.1) is 18.8 Å². The molecule has 3 heterocycles. The number of aromatic nitrogens is 2. The van der Waals surface area contributed by atoms with Crippen LogP contribution in [0, 0.1) is 23.7 Å². The normalized spacial score (nSPS) is 18.0. The number of fused-ring (bicyclic) bond motifs is 1. The minimum atomic E-state index is -4.36. The number of nitrogens with zero attached hydrogens (tertiary/aromatic N) is 3. The van der Waals surface area contributed by atoms with Crippen LogP contribution in [0.2, 0.25) is 0 Å². The van der Waals surface area contributed by atoms with E-state index in [0.717, 1.165) is 18.0 Å². The van der Waals surface area contributed by atoms with Crippen molar-refractivity contribution in [1.82, 2.24) is 30.8 Å². The molecule has 0 saturated carbocycles. The van der Waals surface area contributed by atoms with Crippen molar-refractivity contribution in [1.29, 1.82) is 0 Å². The molecule has 14 nitrogen and oxygen atoms in total. The summed E-state index contributed by atoms with van der Waals surface area (Å²) in [5.74, 6) is -13.4. The maximum Gasteiger partial charge on any atom is 0.381 e. The Morgan fingerprint density at radius 1 is 1.02 bits per heavy atom. The number of Topliss-reactive ketones (excluding diaryl/α,β-unsaturated/α-hetero) is 3. The summed E-state index contributed by atoms with van der Waals surface area (Å²) >= 11 is 0. The van der Waals surface area contributed by atoms with Crippen LogP contribution in [0.15, 0.2) is 42.9 Å². The number of carbonyl (C=O) groups is 7. The lowest BCUT2D eigenvalue weighted by Crippen LogP contribution is -2.55. The van der Waals surface area contributed by atoms with Crippen LogP contribution in [0.4, 0.5) is 8.78 Å². The van der Waals surface area contributed by atoms with Gasteiger partial charge in [-0.2, -0.15) is 8.78 Å². The molecule has 1 aromatic carbocycles. The molecule has 0 spiro atoms. The molecule has 2 aromatic rings. The van der Waals surface area contributed by atoms with Crippen LogP contribution >= 0.6 is 0 Å². The first-order valence-corrected chi connectivity index (χ1v) is 19.6. The quantitative estimate of drug-likeness (QED) is 0.107. The van der Waals surface area contributed by atoms with E-state index in [9.17, 15) is 42.3 Å². The fourth-order valence-electron chi connectivity index (χ4n) is 6.97. The van der Waals surface area contributed by atoms with Crippen LogP contribution in [0.5, 0.6) is 0 Å². The highest BCUT2D eigenvalue weighted by atomic mass is 19.3. The Balaban J connectivity index is 0.000000743. The summed E-state index contributed by atoms with van der Waals surface area (Å²) in [4.78, 5) is 98.8. The van der Waals surface area contributed by atoms with Crippen molar-refractivity contribution in [3.05, 3.63) is 59.7 Å². The molecule has 0 radical (unpaired) electrons. The van der Waals surface area contributed by atoms with Crippen LogP contribution in [0.3, 0.4) is 0 Å². The zero-order chi connectivity index (χ0) is 42.3. The minimum absolute atomic E-state index is 0.0886. The van der Waals surface area contributed by atoms with E-state index in [1.165, 1.54) is 43.1 Å². The number of ketones is 3. The van der Waals surface area contributed by atoms with Crippen molar-refractivity contribution >= 4 is 41.5 Å². The first-order chi connectivity index (χ1) is 27.1. The topological polar surface area (TPSA) is 194 Å². The third kappa shape index (κ3) is 12.8. The van der Waals surface area contributed by atoms with E-state index >= 15 is 0 Å². The van der Waals surface area contributed by atoms with Gasteiger partial charge in [0.1, 0.15) is 17.8 Å². The number of likely N-dealkylation sites (tertiary alicyclic amines) is 1. The highest BCUT2D eigenvalue weighted by Gasteiger charge is 2.51. The Kier molecular flexibility index (Phi) is 18.0. The van der Waals surface area contributed by atoms with E-state index in [1.54, 1.807) is 34.6 Å². The van der Waals surface area contributed by atoms with Crippen molar-refractivity contribution in [3.63, 3.8) is 0 Å². The second-order valence-corrected chi connectivity index (χ2v) is 15.0. The van der Waals surface area contributed by atoms with E-state index in [4.69, 9.17) is 4.74 Å². The van der Waals surface area contributed by atoms with E-state index < -0.39 is 83.4 Å². The van der Waals surface area contributed by atoms with Crippen molar-refractivity contribution in [2.75, 3.05) is 19.6 Å². The molecule has 5 atom stereocenters. The van der Waals surface area contributed by atoms with Gasteiger partial charge < -0.3 is 25.6 Å². The van der Waals surface area contributed by atoms with Crippen molar-refractivity contribution in [2.45, 2.75) is 111 Å². The van der Waals surface area contributed by atoms with Gasteiger partial charge in [0.15, 0.2) is 11.6 Å². The summed E-state index contributed by atoms with van der Waals surface area (Å²) < 4.78 is 34.5. The van der Waals surface area contributed by atoms with E-state index in [-0.39, 0.29) is 56.9 Å².